The number of aryl methyl sites for hydroxylation is 2. The van der Waals surface area contributed by atoms with Crippen LogP contribution >= 0.6 is 0 Å². The molecule has 8 heteroatoms. The number of aliphatic carboxylic acids is 1. The van der Waals surface area contributed by atoms with E-state index in [0.29, 0.717) is 0 Å². The summed E-state index contributed by atoms with van der Waals surface area (Å²) in [6, 6.07) is 4.13. The normalized spacial score (nSPS) is 15.4. The largest absolute Gasteiger partial charge is 0.478 e. The Morgan fingerprint density at radius 2 is 1.93 bits per heavy atom. The molecule has 1 amide bonds. The fourth-order valence-corrected chi connectivity index (χ4v) is 4.10. The van der Waals surface area contributed by atoms with Crippen LogP contribution in [-0.2, 0) is 41.8 Å². The number of carbonyl (C=O) groups excluding carboxylic acids is 1. The molecule has 0 radical (unpaired) electrons. The molecule has 2 aromatic rings. The molecule has 4 rings (SSSR count). The number of carboxylic acids is 1. The number of fused-ring (bicyclic) bond motifs is 2. The van der Waals surface area contributed by atoms with E-state index in [1.165, 1.54) is 28.2 Å². The average Bonchev–Trinajstić information content (AvgIpc) is 3.40. The lowest BCUT2D eigenvalue weighted by Gasteiger charge is -2.18. The van der Waals surface area contributed by atoms with Gasteiger partial charge in [0, 0.05) is 6.20 Å². The first-order chi connectivity index (χ1) is 13.5. The van der Waals surface area contributed by atoms with Crippen LogP contribution in [0.1, 0.15) is 40.8 Å². The number of carboxylic acid groups (broad SMARTS) is 1. The average molecular weight is 380 g/mol. The second-order valence-electron chi connectivity index (χ2n) is 7.16. The maximum atomic E-state index is 12.5. The first kappa shape index (κ1) is 18.0. The molecule has 28 heavy (non-hydrogen) atoms. The minimum atomic E-state index is -1.38. The van der Waals surface area contributed by atoms with Crippen LogP contribution in [0.3, 0.4) is 0 Å². The highest BCUT2D eigenvalue weighted by molar-refractivity contribution is 5.90. The van der Waals surface area contributed by atoms with Gasteiger partial charge in [-0.05, 0) is 60.8 Å². The van der Waals surface area contributed by atoms with Crippen molar-refractivity contribution in [3.63, 3.8) is 0 Å². The molecule has 0 fully saturated rings. The topological polar surface area (TPSA) is 117 Å². The third-order valence-electron chi connectivity index (χ3n) is 5.35. The van der Waals surface area contributed by atoms with Crippen molar-refractivity contribution >= 4 is 17.7 Å². The first-order valence-electron chi connectivity index (χ1n) is 9.34. The zero-order chi connectivity index (χ0) is 19.7. The molecule has 1 heterocycles. The van der Waals surface area contributed by atoms with Gasteiger partial charge in [-0.2, -0.15) is 5.26 Å². The van der Waals surface area contributed by atoms with Crippen molar-refractivity contribution in [3.05, 3.63) is 46.5 Å². The van der Waals surface area contributed by atoms with E-state index in [2.05, 4.69) is 16.4 Å². The summed E-state index contributed by atoms with van der Waals surface area (Å²) in [4.78, 5) is 27.9. The number of carbonyl (C=O) groups is 2. The summed E-state index contributed by atoms with van der Waals surface area (Å²) < 4.78 is 6.62. The molecular weight excluding hydrogens is 360 g/mol. The van der Waals surface area contributed by atoms with E-state index < -0.39 is 18.2 Å². The molecule has 1 unspecified atom stereocenters. The summed E-state index contributed by atoms with van der Waals surface area (Å²) in [5.74, 6) is -1.26. The van der Waals surface area contributed by atoms with Crippen LogP contribution in [0.5, 0.6) is 0 Å². The van der Waals surface area contributed by atoms with E-state index >= 15 is 0 Å². The van der Waals surface area contributed by atoms with Gasteiger partial charge < -0.3 is 14.4 Å². The highest BCUT2D eigenvalue weighted by atomic mass is 16.6. The van der Waals surface area contributed by atoms with Crippen molar-refractivity contribution in [2.24, 2.45) is 0 Å². The number of hydrogen-bond donors (Lipinski definition) is 2. The third kappa shape index (κ3) is 3.43. The monoisotopic (exact) mass is 380 g/mol. The molecule has 1 atom stereocenters. The van der Waals surface area contributed by atoms with Crippen molar-refractivity contribution < 1.29 is 19.4 Å². The Kier molecular flexibility index (Phi) is 4.74. The summed E-state index contributed by atoms with van der Waals surface area (Å²) in [7, 11) is 0. The molecule has 144 valence electrons. The molecule has 1 aromatic heterocycles. The summed E-state index contributed by atoms with van der Waals surface area (Å²) >= 11 is 0. The molecule has 1 aromatic carbocycles. The summed E-state index contributed by atoms with van der Waals surface area (Å²) in [6.07, 6.45) is 6.54. The van der Waals surface area contributed by atoms with Crippen LogP contribution in [0.25, 0.3) is 0 Å². The van der Waals surface area contributed by atoms with Gasteiger partial charge in [-0.3, -0.25) is 5.32 Å². The van der Waals surface area contributed by atoms with Gasteiger partial charge in [0.25, 0.3) is 0 Å². The molecule has 0 saturated carbocycles. The third-order valence-corrected chi connectivity index (χ3v) is 5.35. The van der Waals surface area contributed by atoms with Crippen LogP contribution < -0.4 is 5.32 Å². The van der Waals surface area contributed by atoms with Gasteiger partial charge in [0.05, 0.1) is 18.6 Å². The molecule has 2 N–H and O–H groups in total. The lowest BCUT2D eigenvalue weighted by Crippen LogP contribution is -2.33. The van der Waals surface area contributed by atoms with Gasteiger partial charge in [-0.1, -0.05) is 6.07 Å². The molecule has 0 aliphatic heterocycles. The molecule has 0 spiro atoms. The predicted molar refractivity (Wildman–Crippen MR) is 99.0 cm³/mol. The van der Waals surface area contributed by atoms with Crippen LogP contribution in [0.15, 0.2) is 18.6 Å². The van der Waals surface area contributed by atoms with Gasteiger partial charge in [0.2, 0.25) is 6.10 Å². The van der Waals surface area contributed by atoms with Crippen LogP contribution in [-0.4, -0.2) is 32.8 Å². The highest BCUT2D eigenvalue weighted by Gasteiger charge is 2.28. The lowest BCUT2D eigenvalue weighted by atomic mass is 9.99. The van der Waals surface area contributed by atoms with E-state index in [4.69, 9.17) is 10.00 Å². The number of nitrogens with one attached hydrogen (secondary N) is 1. The minimum Gasteiger partial charge on any atom is -0.478 e. The Bertz CT molecular complexity index is 957. The summed E-state index contributed by atoms with van der Waals surface area (Å²) in [5.41, 5.74) is 5.83. The van der Waals surface area contributed by atoms with Crippen molar-refractivity contribution in [3.8, 4) is 6.07 Å². The highest BCUT2D eigenvalue weighted by Crippen LogP contribution is 2.38. The maximum Gasteiger partial charge on any atom is 0.412 e. The zero-order valence-electron chi connectivity index (χ0n) is 15.3. The SMILES string of the molecule is N#Cc1cn(CC(OC(=O)Nc2c3c(cc4c2CCC4)CCC3)C(=O)O)cn1. The first-order valence-corrected chi connectivity index (χ1v) is 9.34. The maximum absolute atomic E-state index is 12.5. The van der Waals surface area contributed by atoms with E-state index in [-0.39, 0.29) is 12.2 Å². The van der Waals surface area contributed by atoms with Gasteiger partial charge in [0.1, 0.15) is 6.07 Å². The van der Waals surface area contributed by atoms with Crippen LogP contribution in [0.2, 0.25) is 0 Å². The number of amides is 1. The minimum absolute atomic E-state index is 0.123. The van der Waals surface area contributed by atoms with Crippen LogP contribution in [0.4, 0.5) is 10.5 Å². The van der Waals surface area contributed by atoms with E-state index in [1.54, 1.807) is 0 Å². The summed E-state index contributed by atoms with van der Waals surface area (Å²) in [6.45, 7) is -0.123. The van der Waals surface area contributed by atoms with Crippen molar-refractivity contribution in [2.75, 3.05) is 5.32 Å². The number of ether oxygens (including phenoxy) is 1. The van der Waals surface area contributed by atoms with E-state index in [0.717, 1.165) is 55.3 Å². The second kappa shape index (κ2) is 7.35. The lowest BCUT2D eigenvalue weighted by molar-refractivity contribution is -0.147. The van der Waals surface area contributed by atoms with Gasteiger partial charge in [-0.15, -0.1) is 0 Å². The standard InChI is InChI=1S/C20H20N4O4/c21-8-14-9-24(11-22-14)10-17(19(25)26)28-20(27)23-18-15-5-1-3-12(15)7-13-4-2-6-16(13)18/h7,9,11,17H,1-6,10H2,(H,23,27)(H,25,26). The number of hydrogen-bond acceptors (Lipinski definition) is 5. The Morgan fingerprint density at radius 3 is 2.50 bits per heavy atom. The molecule has 0 bridgehead atoms. The van der Waals surface area contributed by atoms with Crippen LogP contribution in [0, 0.1) is 11.3 Å². The fraction of sp³-hybridized carbons (Fsp3) is 0.400. The molecule has 8 nitrogen and oxygen atoms in total. The predicted octanol–water partition coefficient (Wildman–Crippen LogP) is 2.43. The Balaban J connectivity index is 1.50. The number of nitriles is 1. The Morgan fingerprint density at radius 1 is 1.25 bits per heavy atom. The Hall–Kier alpha value is -3.34. The van der Waals surface area contributed by atoms with E-state index in [9.17, 15) is 14.7 Å². The number of rotatable bonds is 5. The number of anilines is 1. The second-order valence-corrected chi connectivity index (χ2v) is 7.16. The summed E-state index contributed by atoms with van der Waals surface area (Å²) in [5, 5.41) is 21.1. The van der Waals surface area contributed by atoms with Crippen molar-refractivity contribution in [2.45, 2.75) is 51.2 Å². The zero-order valence-corrected chi connectivity index (χ0v) is 15.3. The quantitative estimate of drug-likeness (QED) is 0.823. The van der Waals surface area contributed by atoms with Crippen molar-refractivity contribution in [1.82, 2.24) is 9.55 Å². The Labute approximate surface area is 161 Å². The van der Waals surface area contributed by atoms with Gasteiger partial charge >= 0.3 is 12.1 Å². The molecular formula is C20H20N4O4. The molecule has 2 aliphatic rings. The van der Waals surface area contributed by atoms with E-state index in [1.807, 2.05) is 6.07 Å². The smallest absolute Gasteiger partial charge is 0.412 e. The van der Waals surface area contributed by atoms with Crippen molar-refractivity contribution in [1.29, 1.82) is 5.26 Å². The number of imidazole rings is 1. The van der Waals surface area contributed by atoms with Gasteiger partial charge in [0.15, 0.2) is 5.69 Å². The molecule has 0 saturated heterocycles. The van der Waals surface area contributed by atoms with Gasteiger partial charge in [-0.25, -0.2) is 14.6 Å². The fourth-order valence-electron chi connectivity index (χ4n) is 4.10. The number of benzene rings is 1. The number of nitrogens with zero attached hydrogens (tertiary/aromatic N) is 3. The molecule has 2 aliphatic carbocycles. The number of aromatic nitrogens is 2.